The smallest absolute Gasteiger partial charge is 0.0300 e. The van der Waals surface area contributed by atoms with E-state index in [2.05, 4.69) is 37.1 Å². The van der Waals surface area contributed by atoms with Gasteiger partial charge in [-0.3, -0.25) is 4.90 Å². The van der Waals surface area contributed by atoms with Crippen molar-refractivity contribution in [2.75, 3.05) is 26.2 Å². The van der Waals surface area contributed by atoms with Crippen molar-refractivity contribution < 1.29 is 0 Å². The number of hydrogen-bond acceptors (Lipinski definition) is 2. The molecule has 0 amide bonds. The number of rotatable bonds is 1. The largest absolute Gasteiger partial charge is 0.375 e. The SMILES string of the molecule is C=CN1CCN(C(C)(C)C)CC1. The molecule has 0 N–H and O–H groups in total. The van der Waals surface area contributed by atoms with Crippen LogP contribution in [0, 0.1) is 0 Å². The molecule has 1 aliphatic rings. The number of nitrogens with zero attached hydrogens (tertiary/aromatic N) is 2. The molecule has 1 rings (SSSR count). The van der Waals surface area contributed by atoms with E-state index in [1.54, 1.807) is 0 Å². The molecule has 0 atom stereocenters. The van der Waals surface area contributed by atoms with Gasteiger partial charge in [0, 0.05) is 31.7 Å². The van der Waals surface area contributed by atoms with Gasteiger partial charge in [0.15, 0.2) is 0 Å². The maximum Gasteiger partial charge on any atom is 0.0300 e. The second kappa shape index (κ2) is 3.48. The van der Waals surface area contributed by atoms with Gasteiger partial charge in [-0.2, -0.15) is 0 Å². The van der Waals surface area contributed by atoms with Gasteiger partial charge in [0.2, 0.25) is 0 Å². The molecule has 0 radical (unpaired) electrons. The van der Waals surface area contributed by atoms with Gasteiger partial charge in [0.25, 0.3) is 0 Å². The van der Waals surface area contributed by atoms with Crippen LogP contribution < -0.4 is 0 Å². The van der Waals surface area contributed by atoms with Crippen LogP contribution in [0.3, 0.4) is 0 Å². The molecule has 1 aliphatic heterocycles. The Morgan fingerprint density at radius 2 is 1.58 bits per heavy atom. The molecule has 1 heterocycles. The van der Waals surface area contributed by atoms with Crippen LogP contribution >= 0.6 is 0 Å². The van der Waals surface area contributed by atoms with Crippen LogP contribution in [0.2, 0.25) is 0 Å². The maximum atomic E-state index is 3.78. The second-order valence-electron chi connectivity index (χ2n) is 4.38. The van der Waals surface area contributed by atoms with Gasteiger partial charge >= 0.3 is 0 Å². The van der Waals surface area contributed by atoms with E-state index < -0.39 is 0 Å². The molecule has 2 nitrogen and oxygen atoms in total. The summed E-state index contributed by atoms with van der Waals surface area (Å²) >= 11 is 0. The second-order valence-corrected chi connectivity index (χ2v) is 4.38. The molecule has 1 fully saturated rings. The molecular formula is C10H20N2. The van der Waals surface area contributed by atoms with Gasteiger partial charge in [-0.1, -0.05) is 6.58 Å². The summed E-state index contributed by atoms with van der Waals surface area (Å²) in [5.74, 6) is 0. The van der Waals surface area contributed by atoms with E-state index in [0.29, 0.717) is 5.54 Å². The molecule has 0 aromatic carbocycles. The molecule has 0 aliphatic carbocycles. The summed E-state index contributed by atoms with van der Waals surface area (Å²) in [4.78, 5) is 4.80. The highest BCUT2D eigenvalue weighted by molar-refractivity contribution is 4.84. The third-order valence-corrected chi connectivity index (χ3v) is 2.52. The average Bonchev–Trinajstić information content (AvgIpc) is 2.03. The maximum absolute atomic E-state index is 3.78. The van der Waals surface area contributed by atoms with Gasteiger partial charge < -0.3 is 4.90 Å². The fraction of sp³-hybridized carbons (Fsp3) is 0.800. The van der Waals surface area contributed by atoms with E-state index in [4.69, 9.17) is 0 Å². The molecule has 2 heteroatoms. The van der Waals surface area contributed by atoms with Crippen molar-refractivity contribution in [3.63, 3.8) is 0 Å². The van der Waals surface area contributed by atoms with E-state index >= 15 is 0 Å². The van der Waals surface area contributed by atoms with E-state index in [1.807, 2.05) is 6.20 Å². The Morgan fingerprint density at radius 3 is 1.92 bits per heavy atom. The number of hydrogen-bond donors (Lipinski definition) is 0. The Bertz CT molecular complexity index is 150. The van der Waals surface area contributed by atoms with Gasteiger partial charge in [-0.25, -0.2) is 0 Å². The van der Waals surface area contributed by atoms with Gasteiger partial charge in [-0.05, 0) is 27.0 Å². The molecule has 0 aromatic heterocycles. The molecule has 0 unspecified atom stereocenters. The summed E-state index contributed by atoms with van der Waals surface area (Å²) in [6, 6.07) is 0. The van der Waals surface area contributed by atoms with Crippen molar-refractivity contribution >= 4 is 0 Å². The third-order valence-electron chi connectivity index (χ3n) is 2.52. The topological polar surface area (TPSA) is 6.48 Å². The zero-order valence-corrected chi connectivity index (χ0v) is 8.51. The highest BCUT2D eigenvalue weighted by atomic mass is 15.3. The minimum atomic E-state index is 0.327. The first kappa shape index (κ1) is 9.59. The summed E-state index contributed by atoms with van der Waals surface area (Å²) < 4.78 is 0. The molecule has 12 heavy (non-hydrogen) atoms. The first-order chi connectivity index (χ1) is 5.54. The average molecular weight is 168 g/mol. The summed E-state index contributed by atoms with van der Waals surface area (Å²) in [6.07, 6.45) is 1.94. The highest BCUT2D eigenvalue weighted by Gasteiger charge is 2.24. The van der Waals surface area contributed by atoms with Crippen molar-refractivity contribution in [3.05, 3.63) is 12.8 Å². The molecule has 70 valence electrons. The van der Waals surface area contributed by atoms with Crippen LogP contribution in [0.4, 0.5) is 0 Å². The van der Waals surface area contributed by atoms with Crippen LogP contribution in [-0.2, 0) is 0 Å². The molecule has 0 aromatic rings. The summed E-state index contributed by atoms with van der Waals surface area (Å²) in [6.45, 7) is 15.2. The monoisotopic (exact) mass is 168 g/mol. The van der Waals surface area contributed by atoms with Gasteiger partial charge in [-0.15, -0.1) is 0 Å². The first-order valence-corrected chi connectivity index (χ1v) is 4.65. The predicted molar refractivity (Wildman–Crippen MR) is 53.1 cm³/mol. The van der Waals surface area contributed by atoms with Gasteiger partial charge in [0.05, 0.1) is 0 Å². The Kier molecular flexibility index (Phi) is 2.78. The van der Waals surface area contributed by atoms with Crippen molar-refractivity contribution in [1.29, 1.82) is 0 Å². The normalized spacial score (nSPS) is 21.1. The Morgan fingerprint density at radius 1 is 1.08 bits per heavy atom. The first-order valence-electron chi connectivity index (χ1n) is 4.65. The minimum absolute atomic E-state index is 0.327. The van der Waals surface area contributed by atoms with Gasteiger partial charge in [0.1, 0.15) is 0 Å². The van der Waals surface area contributed by atoms with E-state index in [0.717, 1.165) is 26.2 Å². The highest BCUT2D eigenvalue weighted by Crippen LogP contribution is 2.15. The summed E-state index contributed by atoms with van der Waals surface area (Å²) in [5, 5.41) is 0. The molecular weight excluding hydrogens is 148 g/mol. The lowest BCUT2D eigenvalue weighted by Crippen LogP contribution is -2.51. The third kappa shape index (κ3) is 2.24. The van der Waals surface area contributed by atoms with E-state index in [-0.39, 0.29) is 0 Å². The van der Waals surface area contributed by atoms with Crippen molar-refractivity contribution in [2.45, 2.75) is 26.3 Å². The molecule has 0 saturated carbocycles. The van der Waals surface area contributed by atoms with Crippen molar-refractivity contribution in [3.8, 4) is 0 Å². The van der Waals surface area contributed by atoms with Crippen LogP contribution in [0.15, 0.2) is 12.8 Å². The van der Waals surface area contributed by atoms with Crippen LogP contribution in [0.1, 0.15) is 20.8 Å². The van der Waals surface area contributed by atoms with Crippen LogP contribution in [0.5, 0.6) is 0 Å². The Labute approximate surface area is 75.8 Å². The minimum Gasteiger partial charge on any atom is -0.375 e. The molecule has 1 saturated heterocycles. The summed E-state index contributed by atoms with van der Waals surface area (Å²) in [5.41, 5.74) is 0.327. The Balaban J connectivity index is 2.41. The zero-order valence-electron chi connectivity index (χ0n) is 8.51. The van der Waals surface area contributed by atoms with E-state index in [9.17, 15) is 0 Å². The van der Waals surface area contributed by atoms with Crippen molar-refractivity contribution in [1.82, 2.24) is 9.80 Å². The summed E-state index contributed by atoms with van der Waals surface area (Å²) in [7, 11) is 0. The fourth-order valence-corrected chi connectivity index (χ4v) is 1.58. The fourth-order valence-electron chi connectivity index (χ4n) is 1.58. The van der Waals surface area contributed by atoms with Crippen LogP contribution in [0.25, 0.3) is 0 Å². The predicted octanol–water partition coefficient (Wildman–Crippen LogP) is 1.55. The molecule has 0 bridgehead atoms. The molecule has 0 spiro atoms. The van der Waals surface area contributed by atoms with Crippen molar-refractivity contribution in [2.24, 2.45) is 0 Å². The quantitative estimate of drug-likeness (QED) is 0.586. The standard InChI is InChI=1S/C10H20N2/c1-5-11-6-8-12(9-7-11)10(2,3)4/h5H,1,6-9H2,2-4H3. The lowest BCUT2D eigenvalue weighted by Gasteiger charge is -2.41. The lowest BCUT2D eigenvalue weighted by molar-refractivity contribution is 0.0814. The Hall–Kier alpha value is -0.500. The zero-order chi connectivity index (χ0) is 9.19. The lowest BCUT2D eigenvalue weighted by atomic mass is 10.1. The number of piperazine rings is 1. The van der Waals surface area contributed by atoms with E-state index in [1.165, 1.54) is 0 Å². The van der Waals surface area contributed by atoms with Crippen LogP contribution in [-0.4, -0.2) is 41.5 Å².